The molecule has 0 aliphatic heterocycles. The molecule has 0 saturated heterocycles. The van der Waals surface area contributed by atoms with Gasteiger partial charge < -0.3 is 10.1 Å². The summed E-state index contributed by atoms with van der Waals surface area (Å²) in [7, 11) is 0. The van der Waals surface area contributed by atoms with Crippen molar-refractivity contribution in [1.82, 2.24) is 4.98 Å². The molecule has 0 N–H and O–H groups in total. The summed E-state index contributed by atoms with van der Waals surface area (Å²) in [6.45, 7) is 8.86. The van der Waals surface area contributed by atoms with Crippen molar-refractivity contribution in [1.29, 1.82) is 0 Å². The van der Waals surface area contributed by atoms with Crippen LogP contribution in [0.2, 0.25) is 0 Å². The molecule has 3 nitrogen and oxygen atoms in total. The molecule has 0 amide bonds. The van der Waals surface area contributed by atoms with Crippen LogP contribution in [0.3, 0.4) is 0 Å². The number of thiocarbonyl (C=S) groups is 1. The number of aryl methyl sites for hydroxylation is 1. The van der Waals surface area contributed by atoms with Crippen LogP contribution in [0.15, 0.2) is 18.3 Å². The van der Waals surface area contributed by atoms with Crippen LogP contribution in [-0.4, -0.2) is 23.1 Å². The second kappa shape index (κ2) is 12.4. The van der Waals surface area contributed by atoms with E-state index in [1.165, 1.54) is 0 Å². The van der Waals surface area contributed by atoms with Gasteiger partial charge in [0, 0.05) is 44.5 Å². The van der Waals surface area contributed by atoms with Gasteiger partial charge in [-0.15, -0.1) is 12.2 Å². The number of pyridine rings is 1. The van der Waals surface area contributed by atoms with Crippen molar-refractivity contribution in [2.24, 2.45) is 0 Å². The van der Waals surface area contributed by atoms with E-state index in [9.17, 15) is 0 Å². The Balaban J connectivity index is 0. The molecule has 0 fully saturated rings. The van der Waals surface area contributed by atoms with E-state index in [1.807, 2.05) is 32.9 Å². The molecule has 1 aromatic heterocycles. The zero-order valence-electron chi connectivity index (χ0n) is 10.9. The maximum absolute atomic E-state index is 5.42. The topological polar surface area (TPSA) is 36.2 Å². The summed E-state index contributed by atoms with van der Waals surface area (Å²) in [5.41, 5.74) is 1.03. The first-order valence-corrected chi connectivity index (χ1v) is 5.83. The molecule has 0 unspecified atom stereocenters. The number of hydrogen-bond donors (Lipinski definition) is 0. The second-order valence-corrected chi connectivity index (χ2v) is 3.47. The molecule has 1 rings (SSSR count). The molecular formula is C12H19N2OSY-. The van der Waals surface area contributed by atoms with Crippen LogP contribution in [0.1, 0.15) is 26.3 Å². The van der Waals surface area contributed by atoms with Gasteiger partial charge in [-0.2, -0.15) is 0 Å². The van der Waals surface area contributed by atoms with Gasteiger partial charge in [-0.05, 0) is 13.0 Å². The molecule has 0 spiro atoms. The summed E-state index contributed by atoms with van der Waals surface area (Å²) in [5.74, 6) is 0.671. The Morgan fingerprint density at radius 3 is 2.65 bits per heavy atom. The summed E-state index contributed by atoms with van der Waals surface area (Å²) in [4.78, 5) is 4.76. The summed E-state index contributed by atoms with van der Waals surface area (Å²) in [5, 5.41) is 4.05. The van der Waals surface area contributed by atoms with Crippen molar-refractivity contribution < 1.29 is 37.4 Å². The monoisotopic (exact) mass is 328 g/mol. The minimum atomic E-state index is 0. The fraction of sp³-hybridized carbons (Fsp3) is 0.500. The number of rotatable bonds is 4. The predicted molar refractivity (Wildman–Crippen MR) is 72.3 cm³/mol. The van der Waals surface area contributed by atoms with Crippen LogP contribution < -0.4 is 4.74 Å². The van der Waals surface area contributed by atoms with E-state index in [-0.39, 0.29) is 32.7 Å². The Bertz CT molecular complexity index is 321. The van der Waals surface area contributed by atoms with Crippen LogP contribution >= 0.6 is 12.2 Å². The van der Waals surface area contributed by atoms with Crippen molar-refractivity contribution in [3.63, 3.8) is 0 Å². The molecule has 93 valence electrons. The first kappa shape index (κ1) is 19.3. The van der Waals surface area contributed by atoms with E-state index in [0.717, 1.165) is 5.56 Å². The maximum Gasteiger partial charge on any atom is 0.216 e. The molecule has 0 aliphatic rings. The van der Waals surface area contributed by atoms with Crippen LogP contribution in [-0.2, 0) is 32.7 Å². The molecule has 0 aromatic carbocycles. The van der Waals surface area contributed by atoms with Crippen molar-refractivity contribution in [3.8, 4) is 5.88 Å². The van der Waals surface area contributed by atoms with E-state index in [1.54, 1.807) is 13.1 Å². The number of hydrogen-bond acceptors (Lipinski definition) is 3. The Morgan fingerprint density at radius 2 is 2.12 bits per heavy atom. The first-order chi connectivity index (χ1) is 7.70. The van der Waals surface area contributed by atoms with E-state index in [4.69, 9.17) is 17.0 Å². The SMILES string of the molecule is CC.CC(=S)[N-]CCOc1ncccc1C.[Y]. The zero-order valence-corrected chi connectivity index (χ0v) is 14.6. The first-order valence-electron chi connectivity index (χ1n) is 5.42. The largest absolute Gasteiger partial charge is 0.676 e. The van der Waals surface area contributed by atoms with Crippen molar-refractivity contribution in [2.45, 2.75) is 27.7 Å². The molecule has 0 saturated carbocycles. The van der Waals surface area contributed by atoms with E-state index >= 15 is 0 Å². The second-order valence-electron chi connectivity index (χ2n) is 2.87. The van der Waals surface area contributed by atoms with Crippen molar-refractivity contribution >= 4 is 17.2 Å². The fourth-order valence-electron chi connectivity index (χ4n) is 0.968. The van der Waals surface area contributed by atoms with Crippen molar-refractivity contribution in [2.75, 3.05) is 13.2 Å². The molecule has 5 heteroatoms. The molecule has 1 aromatic rings. The molecule has 0 atom stereocenters. The van der Waals surface area contributed by atoms with Gasteiger partial charge in [0.1, 0.15) is 0 Å². The van der Waals surface area contributed by atoms with E-state index in [0.29, 0.717) is 24.0 Å². The molecule has 17 heavy (non-hydrogen) atoms. The maximum atomic E-state index is 5.42. The fourth-order valence-corrected chi connectivity index (χ4v) is 1.06. The van der Waals surface area contributed by atoms with Gasteiger partial charge in [-0.1, -0.05) is 38.4 Å². The third-order valence-electron chi connectivity index (χ3n) is 1.63. The third kappa shape index (κ3) is 9.63. The summed E-state index contributed by atoms with van der Waals surface area (Å²) in [6, 6.07) is 3.84. The number of nitrogens with zero attached hydrogens (tertiary/aromatic N) is 2. The smallest absolute Gasteiger partial charge is 0.216 e. The average Bonchev–Trinajstić information content (AvgIpc) is 2.29. The Morgan fingerprint density at radius 1 is 1.47 bits per heavy atom. The van der Waals surface area contributed by atoms with E-state index in [2.05, 4.69) is 10.3 Å². The summed E-state index contributed by atoms with van der Waals surface area (Å²) in [6.07, 6.45) is 1.71. The van der Waals surface area contributed by atoms with Gasteiger partial charge in [0.15, 0.2) is 0 Å². The van der Waals surface area contributed by atoms with Gasteiger partial charge >= 0.3 is 0 Å². The zero-order chi connectivity index (χ0) is 12.4. The molecule has 1 radical (unpaired) electrons. The van der Waals surface area contributed by atoms with E-state index < -0.39 is 0 Å². The van der Waals surface area contributed by atoms with Crippen LogP contribution in [0.5, 0.6) is 5.88 Å². The normalized spacial score (nSPS) is 8.24. The van der Waals surface area contributed by atoms with Gasteiger partial charge in [-0.3, -0.25) is 0 Å². The van der Waals surface area contributed by atoms with Gasteiger partial charge in [0.2, 0.25) is 5.88 Å². The third-order valence-corrected chi connectivity index (χ3v) is 1.76. The van der Waals surface area contributed by atoms with Gasteiger partial charge in [0.25, 0.3) is 0 Å². The Hall–Kier alpha value is -0.0561. The average molecular weight is 328 g/mol. The summed E-state index contributed by atoms with van der Waals surface area (Å²) < 4.78 is 5.42. The quantitative estimate of drug-likeness (QED) is 0.627. The Labute approximate surface area is 135 Å². The number of ether oxygens (including phenoxy) is 1. The standard InChI is InChI=1S/C10H14N2OS.C2H6.Y/c1-8-4-3-5-12-10(8)13-7-6-11-9(2)14;1-2;/h3-5H,6-7H2,1-2H3,(H,11,14);1-2H3;/p-1. The molecular weight excluding hydrogens is 309 g/mol. The summed E-state index contributed by atoms with van der Waals surface area (Å²) >= 11 is 4.81. The minimum absolute atomic E-state index is 0. The van der Waals surface area contributed by atoms with Gasteiger partial charge in [-0.25, -0.2) is 4.98 Å². The molecule has 0 aliphatic carbocycles. The van der Waals surface area contributed by atoms with Crippen LogP contribution in [0.4, 0.5) is 0 Å². The molecule has 1 heterocycles. The van der Waals surface area contributed by atoms with Gasteiger partial charge in [0.05, 0.1) is 6.61 Å². The predicted octanol–water partition coefficient (Wildman–Crippen LogP) is 3.51. The van der Waals surface area contributed by atoms with Crippen molar-refractivity contribution in [3.05, 3.63) is 29.2 Å². The minimum Gasteiger partial charge on any atom is -0.676 e. The molecule has 0 bridgehead atoms. The van der Waals surface area contributed by atoms with Crippen LogP contribution in [0.25, 0.3) is 5.32 Å². The number of aromatic nitrogens is 1. The van der Waals surface area contributed by atoms with Crippen LogP contribution in [0, 0.1) is 6.92 Å². The Kier molecular flexibility index (Phi) is 14.1.